The van der Waals surface area contributed by atoms with Crippen LogP contribution in [0.4, 0.5) is 0 Å². The Kier molecular flexibility index (Phi) is 12.3. The first kappa shape index (κ1) is 43.5. The Balaban J connectivity index is 0.839. The molecule has 2 N–H and O–H groups in total. The molecular formula is C59H82N4. The number of hydrogen-bond acceptors (Lipinski definition) is 4. The van der Waals surface area contributed by atoms with Gasteiger partial charge in [0.05, 0.1) is 12.7 Å². The molecule has 12 unspecified atom stereocenters. The molecule has 1 saturated carbocycles. The number of allylic oxidation sites excluding steroid dienone is 19. The quantitative estimate of drug-likeness (QED) is 0.203. The maximum Gasteiger partial charge on any atom is 0.0717 e. The molecule has 338 valence electrons. The van der Waals surface area contributed by atoms with Crippen LogP contribution in [0.25, 0.3) is 0 Å². The van der Waals surface area contributed by atoms with Crippen LogP contribution in [-0.2, 0) is 0 Å². The minimum atomic E-state index is 0.0631. The van der Waals surface area contributed by atoms with Crippen LogP contribution < -0.4 is 10.6 Å². The summed E-state index contributed by atoms with van der Waals surface area (Å²) in [4.78, 5) is 5.84. The van der Waals surface area contributed by atoms with Crippen molar-refractivity contribution in [3.8, 4) is 0 Å². The van der Waals surface area contributed by atoms with Crippen LogP contribution in [0, 0.1) is 46.3 Å². The van der Waals surface area contributed by atoms with Gasteiger partial charge in [-0.3, -0.25) is 4.90 Å². The summed E-state index contributed by atoms with van der Waals surface area (Å²) in [7, 11) is 2.18. The molecule has 0 aromatic carbocycles. The van der Waals surface area contributed by atoms with Gasteiger partial charge >= 0.3 is 0 Å². The van der Waals surface area contributed by atoms with E-state index in [4.69, 9.17) is 0 Å². The summed E-state index contributed by atoms with van der Waals surface area (Å²) in [6.07, 6.45) is 51.4. The largest absolute Gasteiger partial charge is 0.362 e. The highest BCUT2D eigenvalue weighted by molar-refractivity contribution is 5.59. The molecule has 63 heavy (non-hydrogen) atoms. The second-order valence-electron chi connectivity index (χ2n) is 23.0. The Hall–Kier alpha value is -3.34. The zero-order valence-corrected chi connectivity index (χ0v) is 40.5. The van der Waals surface area contributed by atoms with Crippen molar-refractivity contribution in [2.24, 2.45) is 46.3 Å². The van der Waals surface area contributed by atoms with Crippen LogP contribution in [0.15, 0.2) is 129 Å². The standard InChI is InChI=1S/C59H82N4/c1-39-15-14-17-45(33-39)48-28-22-40(2)34-50(48)44-25-23-43(24-26-44)47-30-32-58(5,36-42(47)4)57-55(37-60-7)63(57)38-62-54-29-27-46(35-51(54)59(6)31-13-12-21-56(59)62)49-18-9-11-20-53(49)61-52-19-10-8-16-41(52)3/h9,12-13,17-19,21,23,25,28,31,34,39-42,46-47,55-57,60-61H,8,10-11,14-16,20,22,24,26-27,29-30,32-33,35-38H2,1-7H3. The molecule has 10 aliphatic rings. The summed E-state index contributed by atoms with van der Waals surface area (Å²) in [5, 5.41) is 7.70. The molecule has 10 rings (SSSR count). The van der Waals surface area contributed by atoms with Gasteiger partial charge < -0.3 is 15.5 Å². The molecule has 0 spiro atoms. The first-order valence-corrected chi connectivity index (χ1v) is 26.2. The van der Waals surface area contributed by atoms with Crippen molar-refractivity contribution in [3.63, 3.8) is 0 Å². The molecule has 0 radical (unpaired) electrons. The third-order valence-corrected chi connectivity index (χ3v) is 18.4. The minimum Gasteiger partial charge on any atom is -0.362 e. The maximum atomic E-state index is 4.05. The highest BCUT2D eigenvalue weighted by Gasteiger charge is 2.60. The topological polar surface area (TPSA) is 30.3 Å². The van der Waals surface area contributed by atoms with Crippen molar-refractivity contribution in [2.45, 2.75) is 169 Å². The molecule has 0 amide bonds. The van der Waals surface area contributed by atoms with E-state index in [-0.39, 0.29) is 5.41 Å². The Morgan fingerprint density at radius 1 is 0.841 bits per heavy atom. The predicted octanol–water partition coefficient (Wildman–Crippen LogP) is 13.7. The summed E-state index contributed by atoms with van der Waals surface area (Å²) >= 11 is 0. The van der Waals surface area contributed by atoms with Crippen molar-refractivity contribution in [1.82, 2.24) is 20.4 Å². The van der Waals surface area contributed by atoms with E-state index in [0.717, 1.165) is 37.9 Å². The molecule has 0 bridgehead atoms. The minimum absolute atomic E-state index is 0.0631. The van der Waals surface area contributed by atoms with E-state index in [2.05, 4.69) is 142 Å². The third-order valence-electron chi connectivity index (χ3n) is 18.4. The lowest BCUT2D eigenvalue weighted by Crippen LogP contribution is -2.43. The maximum absolute atomic E-state index is 4.05. The van der Waals surface area contributed by atoms with Crippen molar-refractivity contribution in [1.29, 1.82) is 0 Å². The monoisotopic (exact) mass is 847 g/mol. The molecule has 2 fully saturated rings. The van der Waals surface area contributed by atoms with Crippen molar-refractivity contribution >= 4 is 0 Å². The second kappa shape index (κ2) is 17.8. The summed E-state index contributed by atoms with van der Waals surface area (Å²) in [5.74, 6) is 4.10. The van der Waals surface area contributed by atoms with Gasteiger partial charge in [0.15, 0.2) is 0 Å². The fourth-order valence-corrected chi connectivity index (χ4v) is 14.9. The van der Waals surface area contributed by atoms with Crippen LogP contribution in [0.3, 0.4) is 0 Å². The van der Waals surface area contributed by atoms with E-state index in [0.29, 0.717) is 47.2 Å². The third kappa shape index (κ3) is 8.30. The normalized spacial score (nSPS) is 40.1. The van der Waals surface area contributed by atoms with E-state index < -0.39 is 0 Å². The molecule has 1 saturated heterocycles. The molecule has 8 aliphatic carbocycles. The molecule has 2 heterocycles. The lowest BCUT2D eigenvalue weighted by Gasteiger charge is -2.44. The number of hydrogen-bond donors (Lipinski definition) is 2. The van der Waals surface area contributed by atoms with Gasteiger partial charge in [-0.2, -0.15) is 0 Å². The molecule has 4 heteroatoms. The van der Waals surface area contributed by atoms with Gasteiger partial charge in [-0.25, -0.2) is 0 Å². The first-order chi connectivity index (χ1) is 30.5. The number of nitrogens with one attached hydrogen (secondary N) is 2. The molecule has 2 aliphatic heterocycles. The van der Waals surface area contributed by atoms with Crippen LogP contribution in [0.1, 0.15) is 151 Å². The van der Waals surface area contributed by atoms with Gasteiger partial charge in [-0.05, 0) is 197 Å². The second-order valence-corrected chi connectivity index (χ2v) is 23.0. The Morgan fingerprint density at radius 2 is 1.73 bits per heavy atom. The number of fused-ring (bicyclic) bond motifs is 2. The average Bonchev–Trinajstić information content (AvgIpc) is 3.92. The number of nitrogens with zero attached hydrogens (tertiary/aromatic N) is 2. The molecule has 0 aromatic rings. The molecule has 0 aromatic heterocycles. The SMILES string of the molecule is CNCC1C(C2(C)CCC(C3=CC=C(C4=CC(C)CC=C4C4=CCCC(C)C4)CC3)C(C)C2)N1CN1C2=C(CC(C3=C(NC4=CCCCC4C)CCC=C3)CC2)C2(C)C=CC=CC12. The Bertz CT molecular complexity index is 2140. The number of rotatable bonds is 11. The zero-order chi connectivity index (χ0) is 43.5. The lowest BCUT2D eigenvalue weighted by molar-refractivity contribution is 0.0970. The van der Waals surface area contributed by atoms with Gasteiger partial charge in [0.25, 0.3) is 0 Å². The Morgan fingerprint density at radius 3 is 2.52 bits per heavy atom. The fourth-order valence-electron chi connectivity index (χ4n) is 14.9. The summed E-state index contributed by atoms with van der Waals surface area (Å²) in [5.41, 5.74) is 16.5. The zero-order valence-electron chi connectivity index (χ0n) is 40.5. The molecule has 4 nitrogen and oxygen atoms in total. The van der Waals surface area contributed by atoms with E-state index in [1.165, 1.54) is 108 Å². The van der Waals surface area contributed by atoms with Gasteiger partial charge in [0, 0.05) is 41.1 Å². The van der Waals surface area contributed by atoms with Gasteiger partial charge in [-0.1, -0.05) is 113 Å². The summed E-state index contributed by atoms with van der Waals surface area (Å²) in [6, 6.07) is 1.66. The predicted molar refractivity (Wildman–Crippen MR) is 265 cm³/mol. The van der Waals surface area contributed by atoms with Crippen LogP contribution in [-0.4, -0.2) is 48.2 Å². The first-order valence-electron chi connectivity index (χ1n) is 26.2. The van der Waals surface area contributed by atoms with Crippen molar-refractivity contribution in [3.05, 3.63) is 129 Å². The molecular weight excluding hydrogens is 765 g/mol. The summed E-state index contributed by atoms with van der Waals surface area (Å²) in [6.45, 7) is 17.3. The van der Waals surface area contributed by atoms with Crippen molar-refractivity contribution in [2.75, 3.05) is 20.3 Å². The highest BCUT2D eigenvalue weighted by Crippen LogP contribution is 2.58. The van der Waals surface area contributed by atoms with Crippen LogP contribution in [0.5, 0.6) is 0 Å². The lowest BCUT2D eigenvalue weighted by atomic mass is 9.62. The smallest absolute Gasteiger partial charge is 0.0717 e. The van der Waals surface area contributed by atoms with Crippen LogP contribution >= 0.6 is 0 Å². The van der Waals surface area contributed by atoms with Gasteiger partial charge in [0.1, 0.15) is 0 Å². The van der Waals surface area contributed by atoms with E-state index >= 15 is 0 Å². The van der Waals surface area contributed by atoms with Gasteiger partial charge in [-0.15, -0.1) is 0 Å². The van der Waals surface area contributed by atoms with Crippen LogP contribution in [0.2, 0.25) is 0 Å². The van der Waals surface area contributed by atoms with E-state index in [9.17, 15) is 0 Å². The number of likely N-dealkylation sites (N-methyl/N-ethyl adjacent to an activating group) is 1. The van der Waals surface area contributed by atoms with Crippen molar-refractivity contribution < 1.29 is 0 Å². The summed E-state index contributed by atoms with van der Waals surface area (Å²) < 4.78 is 0. The Labute approximate surface area is 383 Å². The average molecular weight is 847 g/mol. The highest BCUT2D eigenvalue weighted by atomic mass is 15.5. The molecule has 12 atom stereocenters. The fraction of sp³-hybridized carbons (Fsp3) is 0.627. The van der Waals surface area contributed by atoms with E-state index in [1.54, 1.807) is 44.7 Å². The van der Waals surface area contributed by atoms with Gasteiger partial charge in [0.2, 0.25) is 0 Å². The van der Waals surface area contributed by atoms with E-state index in [1.807, 2.05) is 0 Å².